The smallest absolute Gasteiger partial charge is 0.00981 e. The Labute approximate surface area is 87.7 Å². The van der Waals surface area contributed by atoms with Crippen LogP contribution in [0.4, 0.5) is 0 Å². The highest BCUT2D eigenvalue weighted by molar-refractivity contribution is 4.94. The fraction of sp³-hybridized carbons (Fsp3) is 1.00. The molecule has 1 aliphatic heterocycles. The van der Waals surface area contributed by atoms with Gasteiger partial charge in [-0.1, -0.05) is 19.3 Å². The average Bonchev–Trinajstić information content (AvgIpc) is 2.88. The normalized spacial score (nSPS) is 44.1. The summed E-state index contributed by atoms with van der Waals surface area (Å²) in [7, 11) is 0. The molecule has 3 aliphatic rings. The van der Waals surface area contributed by atoms with E-state index in [-0.39, 0.29) is 0 Å². The van der Waals surface area contributed by atoms with Crippen molar-refractivity contribution in [2.75, 3.05) is 0 Å². The van der Waals surface area contributed by atoms with Gasteiger partial charge in [-0.2, -0.15) is 0 Å². The van der Waals surface area contributed by atoms with Gasteiger partial charge in [-0.15, -0.1) is 0 Å². The van der Waals surface area contributed by atoms with Crippen LogP contribution in [0, 0.1) is 11.8 Å². The molecular weight excluding hydrogens is 170 g/mol. The molecule has 0 spiro atoms. The molecule has 1 nitrogen and oxygen atoms in total. The molecule has 80 valence electrons. The highest BCUT2D eigenvalue weighted by Crippen LogP contribution is 2.38. The zero-order valence-corrected chi connectivity index (χ0v) is 9.17. The summed E-state index contributed by atoms with van der Waals surface area (Å²) in [5.41, 5.74) is 0. The van der Waals surface area contributed by atoms with E-state index < -0.39 is 0 Å². The largest absolute Gasteiger partial charge is 0.311 e. The van der Waals surface area contributed by atoms with Crippen LogP contribution in [0.25, 0.3) is 0 Å². The summed E-state index contributed by atoms with van der Waals surface area (Å²) in [6, 6.07) is 1.81. The van der Waals surface area contributed by atoms with Gasteiger partial charge in [0, 0.05) is 12.1 Å². The lowest BCUT2D eigenvalue weighted by Crippen LogP contribution is -2.48. The predicted octanol–water partition coefficient (Wildman–Crippen LogP) is 3.10. The number of hydrogen-bond acceptors (Lipinski definition) is 1. The second kappa shape index (κ2) is 3.84. The molecule has 0 amide bonds. The molecule has 0 aromatic carbocycles. The molecule has 1 saturated heterocycles. The Kier molecular flexibility index (Phi) is 2.53. The van der Waals surface area contributed by atoms with Crippen molar-refractivity contribution >= 4 is 0 Å². The van der Waals surface area contributed by atoms with E-state index in [1.807, 2.05) is 0 Å². The third-order valence-corrected chi connectivity index (χ3v) is 4.90. The van der Waals surface area contributed by atoms with E-state index in [4.69, 9.17) is 0 Å². The topological polar surface area (TPSA) is 12.0 Å². The monoisotopic (exact) mass is 193 g/mol. The Morgan fingerprint density at radius 3 is 2.07 bits per heavy atom. The maximum Gasteiger partial charge on any atom is 0.00981 e. The SMILES string of the molecule is C1CCC(C2CCC3CCCC3N2)C1. The summed E-state index contributed by atoms with van der Waals surface area (Å²) < 4.78 is 0. The van der Waals surface area contributed by atoms with Crippen LogP contribution >= 0.6 is 0 Å². The molecule has 0 aromatic heterocycles. The zero-order chi connectivity index (χ0) is 9.38. The van der Waals surface area contributed by atoms with Gasteiger partial charge in [0.15, 0.2) is 0 Å². The quantitative estimate of drug-likeness (QED) is 0.675. The summed E-state index contributed by atoms with van der Waals surface area (Å²) in [5.74, 6) is 2.09. The van der Waals surface area contributed by atoms with Crippen molar-refractivity contribution in [2.45, 2.75) is 69.9 Å². The Morgan fingerprint density at radius 2 is 1.21 bits per heavy atom. The molecule has 0 radical (unpaired) electrons. The first-order valence-corrected chi connectivity index (χ1v) is 6.69. The first kappa shape index (κ1) is 9.21. The van der Waals surface area contributed by atoms with Crippen molar-refractivity contribution in [3.05, 3.63) is 0 Å². The van der Waals surface area contributed by atoms with Crippen molar-refractivity contribution in [3.8, 4) is 0 Å². The van der Waals surface area contributed by atoms with Crippen molar-refractivity contribution in [3.63, 3.8) is 0 Å². The molecule has 2 aliphatic carbocycles. The standard InChI is InChI=1S/C13H23N/c1-2-5-10(4-1)13-9-8-11-6-3-7-12(11)14-13/h10-14H,1-9H2. The van der Waals surface area contributed by atoms with Gasteiger partial charge in [-0.05, 0) is 50.4 Å². The first-order valence-electron chi connectivity index (χ1n) is 6.69. The van der Waals surface area contributed by atoms with E-state index in [1.165, 1.54) is 57.8 Å². The minimum absolute atomic E-state index is 0.900. The zero-order valence-electron chi connectivity index (χ0n) is 9.17. The van der Waals surface area contributed by atoms with Crippen molar-refractivity contribution in [2.24, 2.45) is 11.8 Å². The van der Waals surface area contributed by atoms with Crippen LogP contribution in [0.3, 0.4) is 0 Å². The summed E-state index contributed by atoms with van der Waals surface area (Å²) in [5, 5.41) is 3.96. The first-order chi connectivity index (χ1) is 6.93. The van der Waals surface area contributed by atoms with Crippen LogP contribution in [0.15, 0.2) is 0 Å². The van der Waals surface area contributed by atoms with E-state index in [0.717, 1.165) is 23.9 Å². The summed E-state index contributed by atoms with van der Waals surface area (Å²) in [6.45, 7) is 0. The van der Waals surface area contributed by atoms with Gasteiger partial charge in [0.25, 0.3) is 0 Å². The van der Waals surface area contributed by atoms with Crippen molar-refractivity contribution in [1.82, 2.24) is 5.32 Å². The lowest BCUT2D eigenvalue weighted by Gasteiger charge is -2.36. The molecule has 14 heavy (non-hydrogen) atoms. The van der Waals surface area contributed by atoms with Gasteiger partial charge in [0.1, 0.15) is 0 Å². The van der Waals surface area contributed by atoms with Crippen LogP contribution in [0.5, 0.6) is 0 Å². The highest BCUT2D eigenvalue weighted by Gasteiger charge is 2.36. The Hall–Kier alpha value is -0.0400. The summed E-state index contributed by atoms with van der Waals surface area (Å²) >= 11 is 0. The van der Waals surface area contributed by atoms with E-state index in [0.29, 0.717) is 0 Å². The fourth-order valence-corrected chi connectivity index (χ4v) is 4.09. The lowest BCUT2D eigenvalue weighted by molar-refractivity contribution is 0.208. The second-order valence-electron chi connectivity index (χ2n) is 5.69. The maximum atomic E-state index is 3.96. The van der Waals surface area contributed by atoms with Gasteiger partial charge >= 0.3 is 0 Å². The number of piperidine rings is 1. The molecule has 3 fully saturated rings. The maximum absolute atomic E-state index is 3.96. The Morgan fingerprint density at radius 1 is 0.571 bits per heavy atom. The predicted molar refractivity (Wildman–Crippen MR) is 59.2 cm³/mol. The van der Waals surface area contributed by atoms with Crippen molar-refractivity contribution in [1.29, 1.82) is 0 Å². The van der Waals surface area contributed by atoms with E-state index in [9.17, 15) is 0 Å². The summed E-state index contributed by atoms with van der Waals surface area (Å²) in [6.07, 6.45) is 13.5. The van der Waals surface area contributed by atoms with Crippen LogP contribution in [-0.4, -0.2) is 12.1 Å². The molecule has 3 rings (SSSR count). The molecule has 2 saturated carbocycles. The van der Waals surface area contributed by atoms with Crippen LogP contribution in [0.2, 0.25) is 0 Å². The van der Waals surface area contributed by atoms with E-state index in [2.05, 4.69) is 5.32 Å². The lowest BCUT2D eigenvalue weighted by atomic mass is 9.84. The molecule has 0 bridgehead atoms. The Balaban J connectivity index is 1.60. The van der Waals surface area contributed by atoms with Crippen LogP contribution < -0.4 is 5.32 Å². The third kappa shape index (κ3) is 1.60. The molecule has 1 N–H and O–H groups in total. The van der Waals surface area contributed by atoms with Gasteiger partial charge in [-0.25, -0.2) is 0 Å². The number of rotatable bonds is 1. The number of hydrogen-bond donors (Lipinski definition) is 1. The van der Waals surface area contributed by atoms with Gasteiger partial charge < -0.3 is 5.32 Å². The van der Waals surface area contributed by atoms with Crippen molar-refractivity contribution < 1.29 is 0 Å². The van der Waals surface area contributed by atoms with Gasteiger partial charge in [-0.3, -0.25) is 0 Å². The minimum Gasteiger partial charge on any atom is -0.311 e. The minimum atomic E-state index is 0.900. The average molecular weight is 193 g/mol. The van der Waals surface area contributed by atoms with E-state index in [1.54, 1.807) is 0 Å². The van der Waals surface area contributed by atoms with Crippen LogP contribution in [-0.2, 0) is 0 Å². The molecule has 1 heteroatoms. The second-order valence-corrected chi connectivity index (χ2v) is 5.69. The molecule has 0 aromatic rings. The number of nitrogens with one attached hydrogen (secondary N) is 1. The Bertz CT molecular complexity index is 195. The van der Waals surface area contributed by atoms with Crippen LogP contribution in [0.1, 0.15) is 57.8 Å². The molecule has 1 heterocycles. The van der Waals surface area contributed by atoms with Gasteiger partial charge in [0.2, 0.25) is 0 Å². The van der Waals surface area contributed by atoms with Gasteiger partial charge in [0.05, 0.1) is 0 Å². The highest BCUT2D eigenvalue weighted by atomic mass is 15.0. The molecule has 3 unspecified atom stereocenters. The molecular formula is C13H23N. The number of fused-ring (bicyclic) bond motifs is 1. The summed E-state index contributed by atoms with van der Waals surface area (Å²) in [4.78, 5) is 0. The third-order valence-electron chi connectivity index (χ3n) is 4.90. The molecule has 3 atom stereocenters. The van der Waals surface area contributed by atoms with E-state index >= 15 is 0 Å². The fourth-order valence-electron chi connectivity index (χ4n) is 4.09.